The van der Waals surface area contributed by atoms with E-state index in [0.29, 0.717) is 11.0 Å². The van der Waals surface area contributed by atoms with Crippen molar-refractivity contribution in [3.05, 3.63) is 44.1 Å². The predicted molar refractivity (Wildman–Crippen MR) is 88.5 cm³/mol. The summed E-state index contributed by atoms with van der Waals surface area (Å²) in [6.07, 6.45) is 0. The number of hydrogen-bond donors (Lipinski definition) is 0. The van der Waals surface area contributed by atoms with Crippen molar-refractivity contribution in [1.82, 2.24) is 9.97 Å². The molecule has 0 aliphatic heterocycles. The van der Waals surface area contributed by atoms with Crippen LogP contribution in [0.5, 0.6) is 0 Å². The molecule has 0 N–H and O–H groups in total. The average molecular weight is 354 g/mol. The largest absolute Gasteiger partial charge is 0.232 e. The maximum Gasteiger partial charge on any atom is 0.161 e. The van der Waals surface area contributed by atoms with Crippen LogP contribution in [0.1, 0.15) is 42.1 Å². The van der Waals surface area contributed by atoms with Crippen molar-refractivity contribution in [1.29, 1.82) is 0 Å². The van der Waals surface area contributed by atoms with Crippen molar-refractivity contribution in [2.45, 2.75) is 40.5 Å². The first-order valence-corrected chi connectivity index (χ1v) is 7.79. The fraction of sp³-hybridized carbons (Fsp3) is 0.375. The van der Waals surface area contributed by atoms with Crippen LogP contribution in [0.2, 0.25) is 5.15 Å². The highest BCUT2D eigenvalue weighted by Gasteiger charge is 2.16. The van der Waals surface area contributed by atoms with Gasteiger partial charge in [0.1, 0.15) is 5.15 Å². The maximum absolute atomic E-state index is 6.24. The van der Waals surface area contributed by atoms with Crippen molar-refractivity contribution in [2.24, 2.45) is 0 Å². The van der Waals surface area contributed by atoms with Gasteiger partial charge < -0.3 is 0 Å². The molecule has 20 heavy (non-hydrogen) atoms. The van der Waals surface area contributed by atoms with Crippen LogP contribution < -0.4 is 0 Å². The van der Waals surface area contributed by atoms with Crippen molar-refractivity contribution >= 4 is 27.5 Å². The Hall–Kier alpha value is -0.930. The normalized spacial score (nSPS) is 11.2. The van der Waals surface area contributed by atoms with Crippen LogP contribution in [-0.4, -0.2) is 9.97 Å². The van der Waals surface area contributed by atoms with Gasteiger partial charge in [-0.05, 0) is 65.4 Å². The van der Waals surface area contributed by atoms with Gasteiger partial charge in [-0.3, -0.25) is 0 Å². The van der Waals surface area contributed by atoms with Crippen LogP contribution in [0, 0.1) is 20.8 Å². The summed E-state index contributed by atoms with van der Waals surface area (Å²) in [5.41, 5.74) is 5.67. The monoisotopic (exact) mass is 352 g/mol. The van der Waals surface area contributed by atoms with Gasteiger partial charge in [-0.15, -0.1) is 0 Å². The standard InChI is InChI=1S/C16H18BrClN2/c1-8(2)14-13(17)15(18)20-16(19-14)12-7-10(4)9(3)6-11(12)5/h6-8H,1-5H3. The summed E-state index contributed by atoms with van der Waals surface area (Å²) in [6.45, 7) is 10.5. The molecule has 0 saturated carbocycles. The zero-order chi connectivity index (χ0) is 15.0. The zero-order valence-electron chi connectivity index (χ0n) is 12.4. The van der Waals surface area contributed by atoms with Gasteiger partial charge in [0.2, 0.25) is 0 Å². The first-order valence-electron chi connectivity index (χ1n) is 6.62. The van der Waals surface area contributed by atoms with E-state index in [9.17, 15) is 0 Å². The quantitative estimate of drug-likeness (QED) is 0.656. The molecule has 0 spiro atoms. The van der Waals surface area contributed by atoms with Crippen LogP contribution in [-0.2, 0) is 0 Å². The van der Waals surface area contributed by atoms with Crippen LogP contribution >= 0.6 is 27.5 Å². The number of halogens is 2. The Bertz CT molecular complexity index is 666. The molecule has 1 aromatic carbocycles. The van der Waals surface area contributed by atoms with Crippen LogP contribution in [0.15, 0.2) is 16.6 Å². The Morgan fingerprint density at radius 1 is 1.00 bits per heavy atom. The Morgan fingerprint density at radius 2 is 1.60 bits per heavy atom. The molecular weight excluding hydrogens is 336 g/mol. The Kier molecular flexibility index (Phi) is 4.50. The zero-order valence-corrected chi connectivity index (χ0v) is 14.7. The molecule has 0 unspecified atom stereocenters. The molecule has 2 rings (SSSR count). The number of aryl methyl sites for hydroxylation is 3. The lowest BCUT2D eigenvalue weighted by atomic mass is 10.00. The summed E-state index contributed by atoms with van der Waals surface area (Å²) in [5.74, 6) is 0.984. The van der Waals surface area contributed by atoms with E-state index in [2.05, 4.69) is 67.7 Å². The molecule has 0 fully saturated rings. The third-order valence-corrected chi connectivity index (χ3v) is 4.75. The molecule has 0 atom stereocenters. The summed E-state index contributed by atoms with van der Waals surface area (Å²) in [7, 11) is 0. The fourth-order valence-electron chi connectivity index (χ4n) is 2.14. The number of hydrogen-bond acceptors (Lipinski definition) is 2. The average Bonchev–Trinajstić information content (AvgIpc) is 2.36. The lowest BCUT2D eigenvalue weighted by Gasteiger charge is -2.13. The Labute approximate surface area is 133 Å². The number of benzene rings is 1. The molecule has 0 saturated heterocycles. The van der Waals surface area contributed by atoms with Crippen LogP contribution in [0.3, 0.4) is 0 Å². The highest BCUT2D eigenvalue weighted by Crippen LogP contribution is 2.32. The topological polar surface area (TPSA) is 25.8 Å². The second-order valence-corrected chi connectivity index (χ2v) is 6.59. The molecule has 0 bridgehead atoms. The third-order valence-electron chi connectivity index (χ3n) is 3.46. The predicted octanol–water partition coefficient (Wildman–Crippen LogP) is 5.61. The molecule has 0 aliphatic rings. The molecular formula is C16H18BrClN2. The van der Waals surface area contributed by atoms with Crippen molar-refractivity contribution < 1.29 is 0 Å². The van der Waals surface area contributed by atoms with E-state index in [0.717, 1.165) is 15.7 Å². The maximum atomic E-state index is 6.24. The highest BCUT2D eigenvalue weighted by molar-refractivity contribution is 9.10. The number of aromatic nitrogens is 2. The Balaban J connectivity index is 2.67. The molecule has 0 amide bonds. The summed E-state index contributed by atoms with van der Waals surface area (Å²) < 4.78 is 0.791. The van der Waals surface area contributed by atoms with Gasteiger partial charge in [0.05, 0.1) is 10.2 Å². The summed E-state index contributed by atoms with van der Waals surface area (Å²) in [5, 5.41) is 0.469. The van der Waals surface area contributed by atoms with Crippen molar-refractivity contribution in [3.63, 3.8) is 0 Å². The van der Waals surface area contributed by atoms with Crippen LogP contribution in [0.4, 0.5) is 0 Å². The molecule has 1 heterocycles. The third kappa shape index (κ3) is 2.89. The highest BCUT2D eigenvalue weighted by atomic mass is 79.9. The van der Waals surface area contributed by atoms with Gasteiger partial charge in [0.25, 0.3) is 0 Å². The van der Waals surface area contributed by atoms with Crippen LogP contribution in [0.25, 0.3) is 11.4 Å². The van der Waals surface area contributed by atoms with Crippen molar-refractivity contribution in [2.75, 3.05) is 0 Å². The lowest BCUT2D eigenvalue weighted by molar-refractivity contribution is 0.809. The van der Waals surface area contributed by atoms with E-state index in [1.54, 1.807) is 0 Å². The van der Waals surface area contributed by atoms with Gasteiger partial charge in [0, 0.05) is 5.56 Å². The minimum Gasteiger partial charge on any atom is -0.232 e. The minimum absolute atomic E-state index is 0.287. The number of rotatable bonds is 2. The van der Waals surface area contributed by atoms with E-state index in [1.165, 1.54) is 16.7 Å². The Morgan fingerprint density at radius 3 is 2.20 bits per heavy atom. The summed E-state index contributed by atoms with van der Waals surface area (Å²) in [4.78, 5) is 9.12. The molecule has 1 aromatic heterocycles. The van der Waals surface area contributed by atoms with E-state index in [-0.39, 0.29) is 5.92 Å². The first-order chi connectivity index (χ1) is 9.31. The van der Waals surface area contributed by atoms with E-state index < -0.39 is 0 Å². The molecule has 4 heteroatoms. The second kappa shape index (κ2) is 5.82. The first kappa shape index (κ1) is 15.5. The molecule has 0 aliphatic carbocycles. The summed E-state index contributed by atoms with van der Waals surface area (Å²) >= 11 is 9.71. The minimum atomic E-state index is 0.287. The SMILES string of the molecule is Cc1cc(C)c(-c2nc(Cl)c(Br)c(C(C)C)n2)cc1C. The van der Waals surface area contributed by atoms with E-state index in [1.807, 2.05) is 0 Å². The van der Waals surface area contributed by atoms with E-state index >= 15 is 0 Å². The van der Waals surface area contributed by atoms with Crippen molar-refractivity contribution in [3.8, 4) is 11.4 Å². The molecule has 106 valence electrons. The molecule has 0 radical (unpaired) electrons. The smallest absolute Gasteiger partial charge is 0.161 e. The van der Waals surface area contributed by atoms with Gasteiger partial charge in [-0.1, -0.05) is 31.5 Å². The second-order valence-electron chi connectivity index (χ2n) is 5.44. The van der Waals surface area contributed by atoms with Gasteiger partial charge in [-0.2, -0.15) is 0 Å². The molecule has 2 aromatic rings. The summed E-state index contributed by atoms with van der Waals surface area (Å²) in [6, 6.07) is 4.30. The van der Waals surface area contributed by atoms with Gasteiger partial charge in [0.15, 0.2) is 5.82 Å². The van der Waals surface area contributed by atoms with Gasteiger partial charge in [-0.25, -0.2) is 9.97 Å². The molecule has 2 nitrogen and oxygen atoms in total. The fourth-order valence-corrected chi connectivity index (χ4v) is 2.95. The number of nitrogens with zero attached hydrogens (tertiary/aromatic N) is 2. The van der Waals surface area contributed by atoms with E-state index in [4.69, 9.17) is 16.6 Å². The lowest BCUT2D eigenvalue weighted by Crippen LogP contribution is -2.02. The van der Waals surface area contributed by atoms with Gasteiger partial charge >= 0.3 is 0 Å².